The van der Waals surface area contributed by atoms with Gasteiger partial charge in [-0.25, -0.2) is 4.68 Å². The van der Waals surface area contributed by atoms with Crippen LogP contribution < -0.4 is 10.1 Å². The van der Waals surface area contributed by atoms with Gasteiger partial charge in [0.25, 0.3) is 5.91 Å². The van der Waals surface area contributed by atoms with Gasteiger partial charge in [-0.3, -0.25) is 4.79 Å². The molecule has 6 nitrogen and oxygen atoms in total. The summed E-state index contributed by atoms with van der Waals surface area (Å²) in [7, 11) is 0. The Kier molecular flexibility index (Phi) is 7.63. The van der Waals surface area contributed by atoms with Crippen LogP contribution in [0, 0.1) is 6.92 Å². The van der Waals surface area contributed by atoms with Crippen LogP contribution in [0.4, 0.5) is 0 Å². The van der Waals surface area contributed by atoms with Crippen molar-refractivity contribution in [2.24, 2.45) is 0 Å². The van der Waals surface area contributed by atoms with E-state index < -0.39 is 0 Å². The highest BCUT2D eigenvalue weighted by Gasteiger charge is 2.14. The Bertz CT molecular complexity index is 949. The number of aryl methyl sites for hydroxylation is 1. The van der Waals surface area contributed by atoms with Crippen LogP contribution in [0.1, 0.15) is 35.6 Å². The van der Waals surface area contributed by atoms with Crippen molar-refractivity contribution in [2.75, 3.05) is 26.2 Å². The number of rotatable bonds is 10. The van der Waals surface area contributed by atoms with Crippen molar-refractivity contribution in [2.45, 2.75) is 27.3 Å². The van der Waals surface area contributed by atoms with Crippen molar-refractivity contribution in [1.29, 1.82) is 0 Å². The molecule has 0 bridgehead atoms. The number of ether oxygens (including phenoxy) is 1. The zero-order chi connectivity index (χ0) is 21.3. The smallest absolute Gasteiger partial charge is 0.272 e. The third-order valence-corrected chi connectivity index (χ3v) is 5.09. The number of hydrogen-bond donors (Lipinski definition) is 1. The second kappa shape index (κ2) is 10.6. The van der Waals surface area contributed by atoms with E-state index in [0.29, 0.717) is 18.8 Å². The summed E-state index contributed by atoms with van der Waals surface area (Å²) < 4.78 is 7.75. The van der Waals surface area contributed by atoms with E-state index >= 15 is 0 Å². The van der Waals surface area contributed by atoms with E-state index in [0.717, 1.165) is 42.3 Å². The Morgan fingerprint density at radius 3 is 2.50 bits per heavy atom. The van der Waals surface area contributed by atoms with Gasteiger partial charge in [-0.05, 0) is 44.3 Å². The first kappa shape index (κ1) is 21.6. The van der Waals surface area contributed by atoms with Crippen LogP contribution in [-0.2, 0) is 6.54 Å². The van der Waals surface area contributed by atoms with Crippen molar-refractivity contribution in [3.63, 3.8) is 0 Å². The van der Waals surface area contributed by atoms with E-state index in [4.69, 9.17) is 4.74 Å². The van der Waals surface area contributed by atoms with Crippen LogP contribution in [0.3, 0.4) is 0 Å². The van der Waals surface area contributed by atoms with Gasteiger partial charge < -0.3 is 15.0 Å². The molecule has 0 saturated heterocycles. The largest absolute Gasteiger partial charge is 0.492 e. The van der Waals surface area contributed by atoms with Crippen LogP contribution in [0.2, 0.25) is 0 Å². The highest BCUT2D eigenvalue weighted by molar-refractivity contribution is 5.92. The van der Waals surface area contributed by atoms with E-state index in [1.807, 2.05) is 61.5 Å². The lowest BCUT2D eigenvalue weighted by Gasteiger charge is -2.19. The maximum atomic E-state index is 12.7. The Morgan fingerprint density at radius 1 is 1.07 bits per heavy atom. The molecule has 0 fully saturated rings. The highest BCUT2D eigenvalue weighted by Crippen LogP contribution is 2.18. The molecule has 0 saturated carbocycles. The van der Waals surface area contributed by atoms with Gasteiger partial charge in [0.15, 0.2) is 5.69 Å². The molecule has 2 aromatic carbocycles. The van der Waals surface area contributed by atoms with Crippen molar-refractivity contribution < 1.29 is 9.53 Å². The molecule has 0 unspecified atom stereocenters. The summed E-state index contributed by atoms with van der Waals surface area (Å²) in [6.45, 7) is 10.1. The molecule has 1 amide bonds. The molecule has 0 aliphatic rings. The highest BCUT2D eigenvalue weighted by atomic mass is 16.5. The van der Waals surface area contributed by atoms with Gasteiger partial charge in [0.2, 0.25) is 0 Å². The number of nitrogens with one attached hydrogen (secondary N) is 1. The number of amides is 1. The van der Waals surface area contributed by atoms with Gasteiger partial charge in [-0.2, -0.15) is 5.10 Å². The first-order chi connectivity index (χ1) is 14.6. The number of carbonyl (C=O) groups is 1. The lowest BCUT2D eigenvalue weighted by atomic mass is 10.2. The number of likely N-dealkylation sites (N-methyl/N-ethyl adjacent to an activating group) is 1. The lowest BCUT2D eigenvalue weighted by molar-refractivity contribution is 0.0945. The summed E-state index contributed by atoms with van der Waals surface area (Å²) in [6, 6.07) is 19.4. The van der Waals surface area contributed by atoms with Crippen LogP contribution in [0.5, 0.6) is 5.75 Å². The molecular weight excluding hydrogens is 376 g/mol. The van der Waals surface area contributed by atoms with Crippen LogP contribution in [-0.4, -0.2) is 46.8 Å². The fourth-order valence-electron chi connectivity index (χ4n) is 3.30. The Morgan fingerprint density at radius 2 is 1.77 bits per heavy atom. The number of benzene rings is 2. The van der Waals surface area contributed by atoms with Crippen molar-refractivity contribution in [3.8, 4) is 11.4 Å². The fourth-order valence-corrected chi connectivity index (χ4v) is 3.30. The van der Waals surface area contributed by atoms with Gasteiger partial charge in [0, 0.05) is 24.3 Å². The third kappa shape index (κ3) is 5.48. The standard InChI is InChI=1S/C24H30N4O2/c1-4-27(5-2)15-16-30-23-14-10-9-11-20(23)18-25-24(29)22-17-19(3)28(26-22)21-12-7-6-8-13-21/h6-14,17H,4-5,15-16,18H2,1-3H3,(H,25,29). The number of para-hydroxylation sites is 2. The molecule has 0 radical (unpaired) electrons. The summed E-state index contributed by atoms with van der Waals surface area (Å²) in [4.78, 5) is 15.0. The van der Waals surface area contributed by atoms with Crippen LogP contribution in [0.25, 0.3) is 5.69 Å². The summed E-state index contributed by atoms with van der Waals surface area (Å²) in [5.41, 5.74) is 3.19. The maximum absolute atomic E-state index is 12.7. The van der Waals surface area contributed by atoms with Crippen molar-refractivity contribution >= 4 is 5.91 Å². The zero-order valence-electron chi connectivity index (χ0n) is 18.0. The minimum absolute atomic E-state index is 0.203. The quantitative estimate of drug-likeness (QED) is 0.556. The van der Waals surface area contributed by atoms with Crippen molar-refractivity contribution in [3.05, 3.63) is 77.6 Å². The predicted molar refractivity (Wildman–Crippen MR) is 119 cm³/mol. The van der Waals surface area contributed by atoms with Crippen LogP contribution >= 0.6 is 0 Å². The van der Waals surface area contributed by atoms with E-state index in [2.05, 4.69) is 29.2 Å². The molecule has 0 spiro atoms. The Balaban J connectivity index is 1.61. The summed E-state index contributed by atoms with van der Waals surface area (Å²) in [5.74, 6) is 0.599. The van der Waals surface area contributed by atoms with Crippen LogP contribution in [0.15, 0.2) is 60.7 Å². The second-order valence-electron chi connectivity index (χ2n) is 7.08. The molecule has 1 N–H and O–H groups in total. The molecule has 1 heterocycles. The summed E-state index contributed by atoms with van der Waals surface area (Å²) in [5, 5.41) is 7.43. The third-order valence-electron chi connectivity index (χ3n) is 5.09. The first-order valence-corrected chi connectivity index (χ1v) is 10.5. The lowest BCUT2D eigenvalue weighted by Crippen LogP contribution is -2.28. The predicted octanol–water partition coefficient (Wildman–Crippen LogP) is 3.83. The monoisotopic (exact) mass is 406 g/mol. The topological polar surface area (TPSA) is 59.4 Å². The first-order valence-electron chi connectivity index (χ1n) is 10.5. The average Bonchev–Trinajstić information content (AvgIpc) is 3.18. The molecule has 0 aliphatic heterocycles. The van der Waals surface area contributed by atoms with E-state index in [1.54, 1.807) is 10.7 Å². The minimum Gasteiger partial charge on any atom is -0.492 e. The molecule has 6 heteroatoms. The molecular formula is C24H30N4O2. The molecule has 0 atom stereocenters. The van der Waals surface area contributed by atoms with Crippen molar-refractivity contribution in [1.82, 2.24) is 20.0 Å². The number of aromatic nitrogens is 2. The Hall–Kier alpha value is -3.12. The van der Waals surface area contributed by atoms with Gasteiger partial charge in [0.1, 0.15) is 12.4 Å². The maximum Gasteiger partial charge on any atom is 0.272 e. The molecule has 1 aromatic heterocycles. The SMILES string of the molecule is CCN(CC)CCOc1ccccc1CNC(=O)c1cc(C)n(-c2ccccc2)n1. The van der Waals surface area contributed by atoms with Gasteiger partial charge in [0.05, 0.1) is 5.69 Å². The van der Waals surface area contributed by atoms with E-state index in [1.165, 1.54) is 0 Å². The van der Waals surface area contributed by atoms with Gasteiger partial charge in [-0.15, -0.1) is 0 Å². The van der Waals surface area contributed by atoms with E-state index in [9.17, 15) is 4.79 Å². The zero-order valence-corrected chi connectivity index (χ0v) is 18.0. The average molecular weight is 407 g/mol. The van der Waals surface area contributed by atoms with Gasteiger partial charge >= 0.3 is 0 Å². The number of hydrogen-bond acceptors (Lipinski definition) is 4. The molecule has 3 rings (SSSR count). The van der Waals surface area contributed by atoms with Gasteiger partial charge in [-0.1, -0.05) is 50.2 Å². The summed E-state index contributed by atoms with van der Waals surface area (Å²) in [6.07, 6.45) is 0. The Labute approximate surface area is 178 Å². The normalized spacial score (nSPS) is 10.9. The number of carbonyl (C=O) groups excluding carboxylic acids is 1. The molecule has 3 aromatic rings. The summed E-state index contributed by atoms with van der Waals surface area (Å²) >= 11 is 0. The number of nitrogens with zero attached hydrogens (tertiary/aromatic N) is 3. The minimum atomic E-state index is -0.203. The molecule has 0 aliphatic carbocycles. The second-order valence-corrected chi connectivity index (χ2v) is 7.08. The molecule has 30 heavy (non-hydrogen) atoms. The van der Waals surface area contributed by atoms with E-state index in [-0.39, 0.29) is 5.91 Å². The fraction of sp³-hybridized carbons (Fsp3) is 0.333. The molecule has 158 valence electrons.